The molecule has 1 amide bonds. The Labute approximate surface area is 153 Å². The van der Waals surface area contributed by atoms with E-state index >= 15 is 0 Å². The minimum Gasteiger partial charge on any atom is -0.340 e. The van der Waals surface area contributed by atoms with Crippen molar-refractivity contribution in [1.29, 1.82) is 0 Å². The van der Waals surface area contributed by atoms with Gasteiger partial charge in [0.25, 0.3) is 0 Å². The van der Waals surface area contributed by atoms with Gasteiger partial charge < -0.3 is 4.90 Å². The molecule has 0 radical (unpaired) electrons. The molecular weight excluding hydrogens is 371 g/mol. The second kappa shape index (κ2) is 7.60. The summed E-state index contributed by atoms with van der Waals surface area (Å²) in [6, 6.07) is 4.39. The number of likely N-dealkylation sites (N-methyl/N-ethyl adjacent to an activating group) is 1. The van der Waals surface area contributed by atoms with E-state index in [1.165, 1.54) is 0 Å². The monoisotopic (exact) mass is 392 g/mol. The summed E-state index contributed by atoms with van der Waals surface area (Å²) in [7, 11) is -1.36. The summed E-state index contributed by atoms with van der Waals surface area (Å²) >= 11 is 12.1. The van der Waals surface area contributed by atoms with Crippen LogP contribution in [0.1, 0.15) is 31.9 Å². The molecular formula is C16H22Cl2N2O3S. The summed E-state index contributed by atoms with van der Waals surface area (Å²) in [4.78, 5) is 14.1. The van der Waals surface area contributed by atoms with Gasteiger partial charge in [-0.2, -0.15) is 0 Å². The number of carbonyl (C=O) groups is 1. The van der Waals surface area contributed by atoms with Gasteiger partial charge in [-0.05, 0) is 38.0 Å². The van der Waals surface area contributed by atoms with Crippen molar-refractivity contribution in [2.24, 2.45) is 0 Å². The van der Waals surface area contributed by atoms with Crippen molar-refractivity contribution in [2.45, 2.75) is 38.4 Å². The number of nitrogens with zero attached hydrogens (tertiary/aromatic N) is 1. The van der Waals surface area contributed by atoms with Gasteiger partial charge >= 0.3 is 0 Å². The van der Waals surface area contributed by atoms with Gasteiger partial charge in [0.2, 0.25) is 5.91 Å². The Kier molecular flexibility index (Phi) is 6.18. The van der Waals surface area contributed by atoms with Crippen LogP contribution in [-0.2, 0) is 14.6 Å². The van der Waals surface area contributed by atoms with Gasteiger partial charge in [0.05, 0.1) is 17.5 Å². The van der Waals surface area contributed by atoms with Crippen LogP contribution in [0.2, 0.25) is 10.0 Å². The largest absolute Gasteiger partial charge is 0.340 e. The fourth-order valence-electron chi connectivity index (χ4n) is 2.95. The molecule has 1 aliphatic rings. The summed E-state index contributed by atoms with van der Waals surface area (Å²) in [5.74, 6) is 0.0584. The summed E-state index contributed by atoms with van der Waals surface area (Å²) < 4.78 is 23.2. The zero-order valence-corrected chi connectivity index (χ0v) is 16.2. The highest BCUT2D eigenvalue weighted by Crippen LogP contribution is 2.26. The molecule has 24 heavy (non-hydrogen) atoms. The predicted molar refractivity (Wildman–Crippen MR) is 97.3 cm³/mol. The first-order valence-corrected chi connectivity index (χ1v) is 10.4. The van der Waals surface area contributed by atoms with Gasteiger partial charge in [0.15, 0.2) is 9.84 Å². The lowest BCUT2D eigenvalue weighted by Crippen LogP contribution is -2.48. The highest BCUT2D eigenvalue weighted by atomic mass is 35.5. The summed E-state index contributed by atoms with van der Waals surface area (Å²) in [6.07, 6.45) is 0.496. The van der Waals surface area contributed by atoms with Crippen LogP contribution in [0, 0.1) is 0 Å². The molecule has 1 fully saturated rings. The maximum Gasteiger partial charge on any atom is 0.239 e. The third-order valence-corrected chi connectivity index (χ3v) is 6.72. The minimum absolute atomic E-state index is 0.0422. The Hall–Kier alpha value is -0.820. The Morgan fingerprint density at radius 2 is 2.00 bits per heavy atom. The third-order valence-electron chi connectivity index (χ3n) is 4.40. The van der Waals surface area contributed by atoms with Gasteiger partial charge in [-0.15, -0.1) is 0 Å². The van der Waals surface area contributed by atoms with E-state index in [4.69, 9.17) is 23.2 Å². The molecule has 1 heterocycles. The van der Waals surface area contributed by atoms with Crippen molar-refractivity contribution in [3.63, 3.8) is 0 Å². The number of benzene rings is 1. The molecule has 1 aromatic carbocycles. The molecule has 0 bridgehead atoms. The lowest BCUT2D eigenvalue weighted by molar-refractivity contribution is -0.133. The number of rotatable bonds is 5. The van der Waals surface area contributed by atoms with Crippen LogP contribution < -0.4 is 5.32 Å². The van der Waals surface area contributed by atoms with Crippen LogP contribution in [0.3, 0.4) is 0 Å². The van der Waals surface area contributed by atoms with Gasteiger partial charge in [-0.3, -0.25) is 10.1 Å². The third kappa shape index (κ3) is 4.63. The molecule has 134 valence electrons. The molecule has 0 saturated carbocycles. The zero-order chi connectivity index (χ0) is 18.1. The Morgan fingerprint density at radius 3 is 2.54 bits per heavy atom. The molecule has 1 aliphatic heterocycles. The highest BCUT2D eigenvalue weighted by Gasteiger charge is 2.34. The molecule has 0 spiro atoms. The van der Waals surface area contributed by atoms with E-state index < -0.39 is 15.9 Å². The maximum atomic E-state index is 12.6. The Balaban J connectivity index is 2.00. The fraction of sp³-hybridized carbons (Fsp3) is 0.562. The first kappa shape index (κ1) is 19.5. The van der Waals surface area contributed by atoms with Crippen molar-refractivity contribution < 1.29 is 13.2 Å². The van der Waals surface area contributed by atoms with E-state index in [1.807, 2.05) is 13.0 Å². The smallest absolute Gasteiger partial charge is 0.239 e. The van der Waals surface area contributed by atoms with Crippen LogP contribution in [0.4, 0.5) is 0 Å². The second-order valence-electron chi connectivity index (χ2n) is 6.28. The first-order chi connectivity index (χ1) is 11.1. The van der Waals surface area contributed by atoms with Crippen molar-refractivity contribution in [3.05, 3.63) is 33.8 Å². The lowest BCUT2D eigenvalue weighted by Gasteiger charge is -2.28. The summed E-state index contributed by atoms with van der Waals surface area (Å²) in [6.45, 7) is 3.68. The van der Waals surface area contributed by atoms with E-state index in [0.717, 1.165) is 5.56 Å². The molecule has 1 saturated heterocycles. The average Bonchev–Trinajstić information content (AvgIpc) is 2.85. The number of hydrogen-bond donors (Lipinski definition) is 1. The normalized spacial score (nSPS) is 22.1. The SMILES string of the molecule is CC(NC(C)c1ccc(Cl)cc1Cl)C(=O)N(C)C1CCS(=O)(=O)C1. The molecule has 3 atom stereocenters. The van der Waals surface area contributed by atoms with Gasteiger partial charge in [-0.1, -0.05) is 29.3 Å². The lowest BCUT2D eigenvalue weighted by atomic mass is 10.1. The number of nitrogens with one attached hydrogen (secondary N) is 1. The van der Waals surface area contributed by atoms with E-state index in [9.17, 15) is 13.2 Å². The van der Waals surface area contributed by atoms with E-state index in [1.54, 1.807) is 31.0 Å². The second-order valence-corrected chi connectivity index (χ2v) is 9.35. The quantitative estimate of drug-likeness (QED) is 0.836. The highest BCUT2D eigenvalue weighted by molar-refractivity contribution is 7.91. The van der Waals surface area contributed by atoms with Crippen LogP contribution in [0.15, 0.2) is 18.2 Å². The maximum absolute atomic E-state index is 12.6. The standard InChI is InChI=1S/C16H22Cl2N2O3S/c1-10(14-5-4-12(17)8-15(14)18)19-11(2)16(21)20(3)13-6-7-24(22,23)9-13/h4-5,8,10-11,13,19H,6-7,9H2,1-3H3. The van der Waals surface area contributed by atoms with Crippen molar-refractivity contribution in [3.8, 4) is 0 Å². The number of hydrogen-bond acceptors (Lipinski definition) is 4. The van der Waals surface area contributed by atoms with Gasteiger partial charge in [-0.25, -0.2) is 8.42 Å². The van der Waals surface area contributed by atoms with Gasteiger partial charge in [0.1, 0.15) is 0 Å². The van der Waals surface area contributed by atoms with Crippen LogP contribution in [-0.4, -0.2) is 49.9 Å². The van der Waals surface area contributed by atoms with E-state index in [0.29, 0.717) is 16.5 Å². The predicted octanol–water partition coefficient (Wildman–Crippen LogP) is 2.68. The molecule has 0 aromatic heterocycles. The number of carbonyl (C=O) groups excluding carboxylic acids is 1. The average molecular weight is 393 g/mol. The number of halogens is 2. The van der Waals surface area contributed by atoms with Gasteiger partial charge in [0, 0.05) is 29.2 Å². The molecule has 5 nitrogen and oxygen atoms in total. The summed E-state index contributed by atoms with van der Waals surface area (Å²) in [5.41, 5.74) is 0.854. The number of sulfone groups is 1. The fourth-order valence-corrected chi connectivity index (χ4v) is 5.30. The zero-order valence-electron chi connectivity index (χ0n) is 13.9. The molecule has 1 aromatic rings. The van der Waals surface area contributed by atoms with Crippen molar-refractivity contribution >= 4 is 38.9 Å². The van der Waals surface area contributed by atoms with Crippen LogP contribution >= 0.6 is 23.2 Å². The van der Waals surface area contributed by atoms with Crippen molar-refractivity contribution in [1.82, 2.24) is 10.2 Å². The van der Waals surface area contributed by atoms with Crippen LogP contribution in [0.5, 0.6) is 0 Å². The Morgan fingerprint density at radius 1 is 1.33 bits per heavy atom. The van der Waals surface area contributed by atoms with Crippen molar-refractivity contribution in [2.75, 3.05) is 18.6 Å². The first-order valence-electron chi connectivity index (χ1n) is 7.79. The summed E-state index contributed by atoms with van der Waals surface area (Å²) in [5, 5.41) is 4.31. The molecule has 2 rings (SSSR count). The molecule has 0 aliphatic carbocycles. The molecule has 3 unspecified atom stereocenters. The topological polar surface area (TPSA) is 66.5 Å². The number of amides is 1. The minimum atomic E-state index is -3.02. The van der Waals surface area contributed by atoms with E-state index in [-0.39, 0.29) is 29.5 Å². The molecule has 1 N–H and O–H groups in total. The Bertz CT molecular complexity index is 724. The molecule has 8 heteroatoms. The van der Waals surface area contributed by atoms with Crippen LogP contribution in [0.25, 0.3) is 0 Å². The van der Waals surface area contributed by atoms with E-state index in [2.05, 4.69) is 5.32 Å².